The lowest BCUT2D eigenvalue weighted by atomic mass is 9.43. The lowest BCUT2D eigenvalue weighted by Gasteiger charge is -2.65. The topological polar surface area (TPSA) is 102 Å². The molecule has 1 spiro atoms. The molecule has 7 nitrogen and oxygen atoms in total. The molecule has 1 aliphatic heterocycles. The van der Waals surface area contributed by atoms with E-state index >= 15 is 0 Å². The van der Waals surface area contributed by atoms with Gasteiger partial charge in [0.2, 0.25) is 0 Å². The molecule has 1 heterocycles. The standard InChI is InChI=1S/C24H40O7/c1-16-6-7-19-21(4,15-30-18(3)27)20(28)8-9-22(19,5)24(16)11-10-23(14-25,31-24)12-13-29-17(2)26/h16,19-20,25,28H,6-15H2,1-5H3. The van der Waals surface area contributed by atoms with E-state index < -0.39 is 22.7 Å². The van der Waals surface area contributed by atoms with Crippen molar-refractivity contribution in [1.82, 2.24) is 0 Å². The van der Waals surface area contributed by atoms with Crippen LogP contribution in [0.2, 0.25) is 0 Å². The predicted octanol–water partition coefficient (Wildman–Crippen LogP) is 3.00. The second kappa shape index (κ2) is 8.64. The van der Waals surface area contributed by atoms with Crippen LogP contribution >= 0.6 is 0 Å². The quantitative estimate of drug-likeness (QED) is 0.612. The minimum atomic E-state index is -0.725. The average Bonchev–Trinajstić information content (AvgIpc) is 3.10. The number of hydrogen-bond donors (Lipinski definition) is 2. The number of esters is 2. The van der Waals surface area contributed by atoms with Gasteiger partial charge in [0.1, 0.15) is 0 Å². The molecule has 178 valence electrons. The summed E-state index contributed by atoms with van der Waals surface area (Å²) in [6.07, 6.45) is 4.80. The summed E-state index contributed by atoms with van der Waals surface area (Å²) in [5, 5.41) is 21.3. The molecule has 7 heteroatoms. The van der Waals surface area contributed by atoms with Gasteiger partial charge in [-0.1, -0.05) is 20.8 Å². The van der Waals surface area contributed by atoms with Crippen LogP contribution < -0.4 is 0 Å². The van der Waals surface area contributed by atoms with Gasteiger partial charge in [-0.3, -0.25) is 9.59 Å². The molecule has 3 fully saturated rings. The smallest absolute Gasteiger partial charge is 0.302 e. The van der Waals surface area contributed by atoms with E-state index in [1.807, 2.05) is 6.92 Å². The molecule has 0 radical (unpaired) electrons. The van der Waals surface area contributed by atoms with Crippen molar-refractivity contribution >= 4 is 11.9 Å². The number of fused-ring (bicyclic) bond motifs is 2. The van der Waals surface area contributed by atoms with Crippen LogP contribution in [0.1, 0.15) is 79.6 Å². The highest BCUT2D eigenvalue weighted by Crippen LogP contribution is 2.67. The van der Waals surface area contributed by atoms with Gasteiger partial charge in [-0.15, -0.1) is 0 Å². The van der Waals surface area contributed by atoms with E-state index in [-0.39, 0.29) is 43.1 Å². The summed E-state index contributed by atoms with van der Waals surface area (Å²) in [6.45, 7) is 9.64. The van der Waals surface area contributed by atoms with Gasteiger partial charge in [-0.2, -0.15) is 0 Å². The van der Waals surface area contributed by atoms with E-state index in [9.17, 15) is 19.8 Å². The number of ether oxygens (including phenoxy) is 3. The third-order valence-electron chi connectivity index (χ3n) is 9.00. The highest BCUT2D eigenvalue weighted by Gasteiger charge is 2.69. The number of aliphatic hydroxyl groups excluding tert-OH is 2. The average molecular weight is 441 g/mol. The van der Waals surface area contributed by atoms with Gasteiger partial charge in [0.15, 0.2) is 0 Å². The third-order valence-corrected chi connectivity index (χ3v) is 9.00. The molecule has 2 N–H and O–H groups in total. The number of rotatable bonds is 6. The molecule has 7 atom stereocenters. The Kier molecular flexibility index (Phi) is 6.82. The number of carbonyl (C=O) groups is 2. The van der Waals surface area contributed by atoms with Gasteiger partial charge < -0.3 is 24.4 Å². The molecular weight excluding hydrogens is 400 g/mol. The fourth-order valence-electron chi connectivity index (χ4n) is 7.12. The van der Waals surface area contributed by atoms with Crippen molar-refractivity contribution in [2.75, 3.05) is 19.8 Å². The molecule has 7 unspecified atom stereocenters. The van der Waals surface area contributed by atoms with Crippen molar-refractivity contribution in [2.45, 2.75) is 96.9 Å². The fourth-order valence-corrected chi connectivity index (χ4v) is 7.12. The molecule has 1 saturated heterocycles. The zero-order valence-electron chi connectivity index (χ0n) is 19.7. The predicted molar refractivity (Wildman–Crippen MR) is 114 cm³/mol. The first kappa shape index (κ1) is 24.5. The van der Waals surface area contributed by atoms with E-state index in [1.165, 1.54) is 13.8 Å². The number of aliphatic hydroxyl groups is 2. The lowest BCUT2D eigenvalue weighted by Crippen LogP contribution is -2.66. The van der Waals surface area contributed by atoms with Crippen LogP contribution in [-0.4, -0.2) is 59.3 Å². The van der Waals surface area contributed by atoms with Crippen molar-refractivity contribution in [3.8, 4) is 0 Å². The summed E-state index contributed by atoms with van der Waals surface area (Å²) in [4.78, 5) is 22.8. The van der Waals surface area contributed by atoms with Crippen molar-refractivity contribution in [3.63, 3.8) is 0 Å². The molecule has 31 heavy (non-hydrogen) atoms. The first-order valence-electron chi connectivity index (χ1n) is 11.7. The first-order valence-corrected chi connectivity index (χ1v) is 11.7. The van der Waals surface area contributed by atoms with Gasteiger partial charge in [0, 0.05) is 31.1 Å². The van der Waals surface area contributed by atoms with Crippen molar-refractivity contribution < 1.29 is 34.0 Å². The lowest BCUT2D eigenvalue weighted by molar-refractivity contribution is -0.273. The Morgan fingerprint density at radius 1 is 1.03 bits per heavy atom. The normalized spacial score (nSPS) is 44.7. The van der Waals surface area contributed by atoms with Crippen LogP contribution in [0.4, 0.5) is 0 Å². The molecule has 2 aliphatic carbocycles. The Balaban J connectivity index is 1.92. The van der Waals surface area contributed by atoms with E-state index in [1.54, 1.807) is 0 Å². The van der Waals surface area contributed by atoms with Crippen LogP contribution in [0, 0.1) is 22.7 Å². The van der Waals surface area contributed by atoms with Crippen LogP contribution in [0.3, 0.4) is 0 Å². The molecule has 2 saturated carbocycles. The summed E-state index contributed by atoms with van der Waals surface area (Å²) in [5.74, 6) is -0.241. The summed E-state index contributed by atoms with van der Waals surface area (Å²) < 4.78 is 17.5. The number of carbonyl (C=O) groups excluding carboxylic acids is 2. The summed E-state index contributed by atoms with van der Waals surface area (Å²) in [6, 6.07) is 0. The summed E-state index contributed by atoms with van der Waals surface area (Å²) in [7, 11) is 0. The van der Waals surface area contributed by atoms with E-state index in [0.29, 0.717) is 25.2 Å². The maximum Gasteiger partial charge on any atom is 0.302 e. The molecular formula is C24H40O7. The molecule has 0 amide bonds. The molecule has 0 bridgehead atoms. The van der Waals surface area contributed by atoms with Crippen LogP contribution in [-0.2, 0) is 23.8 Å². The zero-order chi connectivity index (χ0) is 23.1. The summed E-state index contributed by atoms with van der Waals surface area (Å²) >= 11 is 0. The third kappa shape index (κ3) is 4.02. The van der Waals surface area contributed by atoms with Crippen LogP contribution in [0.25, 0.3) is 0 Å². The Morgan fingerprint density at radius 2 is 1.71 bits per heavy atom. The fraction of sp³-hybridized carbons (Fsp3) is 0.917. The van der Waals surface area contributed by atoms with Gasteiger partial charge in [0.25, 0.3) is 0 Å². The van der Waals surface area contributed by atoms with Gasteiger partial charge in [-0.05, 0) is 50.4 Å². The van der Waals surface area contributed by atoms with Gasteiger partial charge in [-0.25, -0.2) is 0 Å². The highest BCUT2D eigenvalue weighted by atomic mass is 16.6. The van der Waals surface area contributed by atoms with Crippen molar-refractivity contribution in [2.24, 2.45) is 22.7 Å². The molecule has 3 rings (SSSR count). The SMILES string of the molecule is CC(=O)OCCC1(CO)CCC2(O1)C(C)CCC1C(C)(COC(C)=O)C(O)CCC12C. The Labute approximate surface area is 185 Å². The Hall–Kier alpha value is -1.18. The van der Waals surface area contributed by atoms with Crippen molar-refractivity contribution in [1.29, 1.82) is 0 Å². The van der Waals surface area contributed by atoms with Gasteiger partial charge >= 0.3 is 11.9 Å². The Morgan fingerprint density at radius 3 is 2.32 bits per heavy atom. The van der Waals surface area contributed by atoms with Gasteiger partial charge in [0.05, 0.1) is 37.1 Å². The van der Waals surface area contributed by atoms with E-state index in [4.69, 9.17) is 14.2 Å². The minimum Gasteiger partial charge on any atom is -0.466 e. The highest BCUT2D eigenvalue weighted by molar-refractivity contribution is 5.66. The molecule has 3 aliphatic rings. The first-order chi connectivity index (χ1) is 14.4. The maximum absolute atomic E-state index is 11.6. The maximum atomic E-state index is 11.6. The monoisotopic (exact) mass is 440 g/mol. The second-order valence-electron chi connectivity index (χ2n) is 10.7. The zero-order valence-corrected chi connectivity index (χ0v) is 19.7. The Bertz CT molecular complexity index is 695. The van der Waals surface area contributed by atoms with Crippen LogP contribution in [0.5, 0.6) is 0 Å². The second-order valence-corrected chi connectivity index (χ2v) is 10.7. The number of hydrogen-bond acceptors (Lipinski definition) is 7. The molecule has 0 aromatic rings. The molecule has 0 aromatic heterocycles. The van der Waals surface area contributed by atoms with E-state index in [0.717, 1.165) is 25.7 Å². The molecule has 0 aromatic carbocycles. The summed E-state index contributed by atoms with van der Waals surface area (Å²) in [5.41, 5.74) is -1.93. The minimum absolute atomic E-state index is 0.114. The van der Waals surface area contributed by atoms with Crippen molar-refractivity contribution in [3.05, 3.63) is 0 Å². The van der Waals surface area contributed by atoms with Crippen LogP contribution in [0.15, 0.2) is 0 Å². The van der Waals surface area contributed by atoms with E-state index in [2.05, 4.69) is 13.8 Å². The largest absolute Gasteiger partial charge is 0.466 e.